The molecule has 3 aromatic rings. The van der Waals surface area contributed by atoms with Gasteiger partial charge in [0.15, 0.2) is 11.5 Å². The SMILES string of the molecule is COc1cc(C(=O)OCc2cc(=O)n3cc(Br)ccc3n2)cc(Cl)c1OC(C)C. The lowest BCUT2D eigenvalue weighted by molar-refractivity contribution is 0.0467. The highest BCUT2D eigenvalue weighted by atomic mass is 79.9. The van der Waals surface area contributed by atoms with Crippen molar-refractivity contribution >= 4 is 39.1 Å². The van der Waals surface area contributed by atoms with E-state index in [1.54, 1.807) is 18.3 Å². The summed E-state index contributed by atoms with van der Waals surface area (Å²) < 4.78 is 18.4. The molecule has 3 rings (SSSR count). The molecule has 29 heavy (non-hydrogen) atoms. The van der Waals surface area contributed by atoms with Gasteiger partial charge in [-0.1, -0.05) is 11.6 Å². The number of halogens is 2. The number of ether oxygens (including phenoxy) is 3. The van der Waals surface area contributed by atoms with Crippen molar-refractivity contribution in [3.05, 3.63) is 67.6 Å². The van der Waals surface area contributed by atoms with Crippen LogP contribution in [-0.4, -0.2) is 28.6 Å². The Balaban J connectivity index is 1.80. The third kappa shape index (κ3) is 4.89. The molecule has 0 amide bonds. The zero-order chi connectivity index (χ0) is 21.1. The van der Waals surface area contributed by atoms with E-state index >= 15 is 0 Å². The number of nitrogens with zero attached hydrogens (tertiary/aromatic N) is 2. The number of carbonyl (C=O) groups excluding carboxylic acids is 1. The van der Waals surface area contributed by atoms with Gasteiger partial charge in [0.1, 0.15) is 12.3 Å². The maximum absolute atomic E-state index is 12.5. The molecule has 9 heteroatoms. The number of hydrogen-bond acceptors (Lipinski definition) is 6. The highest BCUT2D eigenvalue weighted by Crippen LogP contribution is 2.37. The number of hydrogen-bond donors (Lipinski definition) is 0. The number of esters is 1. The third-order valence-corrected chi connectivity index (χ3v) is 4.60. The number of pyridine rings is 1. The summed E-state index contributed by atoms with van der Waals surface area (Å²) in [7, 11) is 1.46. The summed E-state index contributed by atoms with van der Waals surface area (Å²) in [5, 5.41) is 0.234. The third-order valence-electron chi connectivity index (χ3n) is 3.85. The van der Waals surface area contributed by atoms with E-state index in [0.29, 0.717) is 22.8 Å². The second-order valence-corrected chi connectivity index (χ2v) is 7.72. The van der Waals surface area contributed by atoms with Crippen LogP contribution in [0.15, 0.2) is 45.8 Å². The lowest BCUT2D eigenvalue weighted by Gasteiger charge is -2.16. The molecule has 0 aliphatic carbocycles. The van der Waals surface area contributed by atoms with Gasteiger partial charge in [-0.25, -0.2) is 9.78 Å². The van der Waals surface area contributed by atoms with Crippen LogP contribution in [-0.2, 0) is 11.3 Å². The second-order valence-electron chi connectivity index (χ2n) is 6.39. The summed E-state index contributed by atoms with van der Waals surface area (Å²) in [4.78, 5) is 29.0. The molecule has 0 atom stereocenters. The zero-order valence-electron chi connectivity index (χ0n) is 15.9. The molecule has 0 aliphatic rings. The van der Waals surface area contributed by atoms with Gasteiger partial charge in [0, 0.05) is 16.7 Å². The van der Waals surface area contributed by atoms with E-state index < -0.39 is 5.97 Å². The largest absolute Gasteiger partial charge is 0.493 e. The Bertz CT molecular complexity index is 1130. The first-order valence-corrected chi connectivity index (χ1v) is 9.84. The number of rotatable bonds is 6. The van der Waals surface area contributed by atoms with Crippen LogP contribution in [0.4, 0.5) is 0 Å². The van der Waals surface area contributed by atoms with Crippen LogP contribution in [0.2, 0.25) is 5.02 Å². The minimum absolute atomic E-state index is 0.113. The van der Waals surface area contributed by atoms with E-state index in [4.69, 9.17) is 25.8 Å². The fraction of sp³-hybridized carbons (Fsp3) is 0.250. The smallest absolute Gasteiger partial charge is 0.338 e. The number of aromatic nitrogens is 2. The van der Waals surface area contributed by atoms with Crippen molar-refractivity contribution in [1.82, 2.24) is 9.38 Å². The Morgan fingerprint density at radius 2 is 2.03 bits per heavy atom. The molecule has 0 N–H and O–H groups in total. The molecule has 2 heterocycles. The molecule has 0 spiro atoms. The van der Waals surface area contributed by atoms with Gasteiger partial charge in [-0.3, -0.25) is 9.20 Å². The van der Waals surface area contributed by atoms with Crippen molar-refractivity contribution in [2.24, 2.45) is 0 Å². The molecular weight excluding hydrogens is 464 g/mol. The molecule has 2 aromatic heterocycles. The average molecular weight is 482 g/mol. The monoisotopic (exact) mass is 480 g/mol. The summed E-state index contributed by atoms with van der Waals surface area (Å²) in [6.07, 6.45) is 1.51. The summed E-state index contributed by atoms with van der Waals surface area (Å²) in [5.74, 6) is 0.0565. The summed E-state index contributed by atoms with van der Waals surface area (Å²) in [6.45, 7) is 3.55. The van der Waals surface area contributed by atoms with E-state index in [9.17, 15) is 9.59 Å². The minimum Gasteiger partial charge on any atom is -0.493 e. The standard InChI is InChI=1S/C20H18BrClN2O5/c1-11(2)29-19-15(22)6-12(7-16(19)27-3)20(26)28-10-14-8-18(25)24-9-13(21)4-5-17(24)23-14/h4-9,11H,10H2,1-3H3. The number of fused-ring (bicyclic) bond motifs is 1. The maximum Gasteiger partial charge on any atom is 0.338 e. The van der Waals surface area contributed by atoms with Gasteiger partial charge >= 0.3 is 5.97 Å². The van der Waals surface area contributed by atoms with Gasteiger partial charge in [-0.05, 0) is 54.0 Å². The van der Waals surface area contributed by atoms with Crippen molar-refractivity contribution < 1.29 is 19.0 Å². The number of benzene rings is 1. The van der Waals surface area contributed by atoms with E-state index in [0.717, 1.165) is 4.47 Å². The maximum atomic E-state index is 12.5. The van der Waals surface area contributed by atoms with Crippen molar-refractivity contribution in [3.63, 3.8) is 0 Å². The number of carbonyl (C=O) groups is 1. The Morgan fingerprint density at radius 3 is 2.72 bits per heavy atom. The Kier molecular flexibility index (Phi) is 6.44. The Morgan fingerprint density at radius 1 is 1.28 bits per heavy atom. The zero-order valence-corrected chi connectivity index (χ0v) is 18.3. The van der Waals surface area contributed by atoms with Crippen LogP contribution in [0, 0.1) is 0 Å². The van der Waals surface area contributed by atoms with Gasteiger partial charge in [0.05, 0.1) is 29.5 Å². The lowest BCUT2D eigenvalue weighted by atomic mass is 10.2. The van der Waals surface area contributed by atoms with E-state index in [-0.39, 0.29) is 28.9 Å². The molecule has 0 saturated heterocycles. The molecule has 0 fully saturated rings. The topological polar surface area (TPSA) is 79.1 Å². The van der Waals surface area contributed by atoms with Crippen LogP contribution in [0.25, 0.3) is 5.65 Å². The Labute approximate surface area is 180 Å². The highest BCUT2D eigenvalue weighted by molar-refractivity contribution is 9.10. The van der Waals surface area contributed by atoms with Gasteiger partial charge in [0.25, 0.3) is 5.56 Å². The summed E-state index contributed by atoms with van der Waals surface area (Å²) in [6, 6.07) is 7.72. The molecule has 1 aromatic carbocycles. The first-order valence-electron chi connectivity index (χ1n) is 8.67. The van der Waals surface area contributed by atoms with Crippen LogP contribution in [0.3, 0.4) is 0 Å². The predicted molar refractivity (Wildman–Crippen MR) is 112 cm³/mol. The molecule has 7 nitrogen and oxygen atoms in total. The van der Waals surface area contributed by atoms with Crippen LogP contribution < -0.4 is 15.0 Å². The van der Waals surface area contributed by atoms with Gasteiger partial charge in [-0.2, -0.15) is 0 Å². The molecule has 152 valence electrons. The first kappa shape index (κ1) is 21.1. The van der Waals surface area contributed by atoms with Crippen LogP contribution >= 0.6 is 27.5 Å². The molecule has 0 aliphatic heterocycles. The predicted octanol–water partition coefficient (Wildman–Crippen LogP) is 4.26. The van der Waals surface area contributed by atoms with Gasteiger partial charge < -0.3 is 14.2 Å². The minimum atomic E-state index is -0.626. The Hall–Kier alpha value is -2.58. The summed E-state index contributed by atoms with van der Waals surface area (Å²) in [5.41, 5.74) is 0.710. The second kappa shape index (κ2) is 8.84. The molecule has 0 radical (unpaired) electrons. The van der Waals surface area contributed by atoms with Crippen molar-refractivity contribution in [1.29, 1.82) is 0 Å². The van der Waals surface area contributed by atoms with Crippen molar-refractivity contribution in [2.45, 2.75) is 26.6 Å². The normalized spacial score (nSPS) is 11.0. The fourth-order valence-corrected chi connectivity index (χ4v) is 3.20. The first-order chi connectivity index (χ1) is 13.8. The lowest BCUT2D eigenvalue weighted by Crippen LogP contribution is -2.16. The van der Waals surface area contributed by atoms with Gasteiger partial charge in [-0.15, -0.1) is 0 Å². The van der Waals surface area contributed by atoms with Crippen LogP contribution in [0.5, 0.6) is 11.5 Å². The molecule has 0 unspecified atom stereocenters. The van der Waals surface area contributed by atoms with E-state index in [1.165, 1.54) is 29.7 Å². The average Bonchev–Trinajstić information content (AvgIpc) is 2.67. The molecule has 0 bridgehead atoms. The highest BCUT2D eigenvalue weighted by Gasteiger charge is 2.18. The fourth-order valence-electron chi connectivity index (χ4n) is 2.61. The quantitative estimate of drug-likeness (QED) is 0.490. The van der Waals surface area contributed by atoms with Gasteiger partial charge in [0.2, 0.25) is 0 Å². The van der Waals surface area contributed by atoms with Crippen molar-refractivity contribution in [2.75, 3.05) is 7.11 Å². The molecular formula is C20H18BrClN2O5. The number of methoxy groups -OCH3 is 1. The van der Waals surface area contributed by atoms with Crippen molar-refractivity contribution in [3.8, 4) is 11.5 Å². The summed E-state index contributed by atoms with van der Waals surface area (Å²) >= 11 is 9.55. The van der Waals surface area contributed by atoms with Crippen LogP contribution in [0.1, 0.15) is 29.9 Å². The van der Waals surface area contributed by atoms with E-state index in [1.807, 2.05) is 13.8 Å². The van der Waals surface area contributed by atoms with E-state index in [2.05, 4.69) is 20.9 Å². The molecule has 0 saturated carbocycles.